The third-order valence-electron chi connectivity index (χ3n) is 6.65. The minimum atomic E-state index is 0.254. The van der Waals surface area contributed by atoms with Gasteiger partial charge in [0.15, 0.2) is 0 Å². The number of fused-ring (bicyclic) bond motifs is 1. The third kappa shape index (κ3) is 2.32. The Hall–Kier alpha value is -0.120. The van der Waals surface area contributed by atoms with Crippen LogP contribution >= 0.6 is 0 Å². The molecule has 3 rings (SSSR count). The van der Waals surface area contributed by atoms with Crippen LogP contribution in [0.3, 0.4) is 0 Å². The van der Waals surface area contributed by atoms with E-state index >= 15 is 0 Å². The lowest BCUT2D eigenvalue weighted by Crippen LogP contribution is -2.64. The smallest absolute Gasteiger partial charge is 0.0383 e. The summed E-state index contributed by atoms with van der Waals surface area (Å²) >= 11 is 0. The zero-order valence-electron chi connectivity index (χ0n) is 13.5. The molecule has 0 aromatic rings. The lowest BCUT2D eigenvalue weighted by atomic mass is 9.62. The van der Waals surface area contributed by atoms with E-state index in [1.165, 1.54) is 71.1 Å². The van der Waals surface area contributed by atoms with Crippen molar-refractivity contribution < 1.29 is 0 Å². The van der Waals surface area contributed by atoms with Gasteiger partial charge in [0.05, 0.1) is 0 Å². The summed E-state index contributed by atoms with van der Waals surface area (Å²) in [7, 11) is 0. The van der Waals surface area contributed by atoms with Gasteiger partial charge in [0.1, 0.15) is 0 Å². The van der Waals surface area contributed by atoms with Crippen LogP contribution in [0.1, 0.15) is 58.8 Å². The van der Waals surface area contributed by atoms with Gasteiger partial charge < -0.3 is 5.73 Å². The summed E-state index contributed by atoms with van der Waals surface area (Å²) in [5.74, 6) is 0. The van der Waals surface area contributed by atoms with Crippen molar-refractivity contribution in [1.29, 1.82) is 0 Å². The highest BCUT2D eigenvalue weighted by molar-refractivity contribution is 5.06. The molecule has 2 heterocycles. The highest BCUT2D eigenvalue weighted by Crippen LogP contribution is 2.47. The van der Waals surface area contributed by atoms with Gasteiger partial charge in [-0.2, -0.15) is 0 Å². The zero-order valence-corrected chi connectivity index (χ0v) is 13.5. The van der Waals surface area contributed by atoms with Crippen LogP contribution in [0.15, 0.2) is 0 Å². The molecule has 116 valence electrons. The van der Waals surface area contributed by atoms with Crippen molar-refractivity contribution in [3.63, 3.8) is 0 Å². The lowest BCUT2D eigenvalue weighted by Gasteiger charge is -2.56. The Labute approximate surface area is 124 Å². The quantitative estimate of drug-likeness (QED) is 0.843. The van der Waals surface area contributed by atoms with E-state index in [-0.39, 0.29) is 5.54 Å². The van der Waals surface area contributed by atoms with Crippen molar-refractivity contribution in [3.05, 3.63) is 0 Å². The first-order valence-corrected chi connectivity index (χ1v) is 8.78. The Kier molecular flexibility index (Phi) is 4.13. The maximum atomic E-state index is 6.38. The van der Waals surface area contributed by atoms with E-state index in [1.807, 2.05) is 0 Å². The van der Waals surface area contributed by atoms with E-state index in [0.717, 1.165) is 12.6 Å². The highest BCUT2D eigenvalue weighted by Gasteiger charge is 2.50. The lowest BCUT2D eigenvalue weighted by molar-refractivity contribution is -0.0463. The van der Waals surface area contributed by atoms with Crippen molar-refractivity contribution in [2.24, 2.45) is 11.1 Å². The largest absolute Gasteiger partial charge is 0.329 e. The van der Waals surface area contributed by atoms with Crippen molar-refractivity contribution in [3.8, 4) is 0 Å². The van der Waals surface area contributed by atoms with E-state index in [2.05, 4.69) is 23.6 Å². The Balaban J connectivity index is 1.84. The maximum absolute atomic E-state index is 6.38. The number of nitrogens with zero attached hydrogens (tertiary/aromatic N) is 2. The number of rotatable bonds is 2. The molecule has 0 aromatic heterocycles. The van der Waals surface area contributed by atoms with Crippen molar-refractivity contribution in [1.82, 2.24) is 9.80 Å². The maximum Gasteiger partial charge on any atom is 0.0383 e. The molecular weight excluding hydrogens is 246 g/mol. The van der Waals surface area contributed by atoms with Crippen molar-refractivity contribution in [2.45, 2.75) is 70.4 Å². The normalized spacial score (nSPS) is 39.5. The molecule has 3 aliphatic rings. The monoisotopic (exact) mass is 279 g/mol. The Morgan fingerprint density at radius 2 is 1.75 bits per heavy atom. The predicted octanol–water partition coefficient (Wildman–Crippen LogP) is 2.45. The summed E-state index contributed by atoms with van der Waals surface area (Å²) in [6, 6.07) is 0.804. The average molecular weight is 279 g/mol. The number of nitrogens with two attached hydrogens (primary N) is 1. The molecule has 0 amide bonds. The first-order chi connectivity index (χ1) is 9.59. The first-order valence-electron chi connectivity index (χ1n) is 8.78. The molecule has 2 aliphatic heterocycles. The Bertz CT molecular complexity index is 341. The minimum Gasteiger partial charge on any atom is -0.329 e. The van der Waals surface area contributed by atoms with E-state index in [0.29, 0.717) is 5.41 Å². The molecule has 0 spiro atoms. The summed E-state index contributed by atoms with van der Waals surface area (Å²) in [6.07, 6.45) is 9.53. The van der Waals surface area contributed by atoms with Crippen LogP contribution in [0.4, 0.5) is 0 Å². The van der Waals surface area contributed by atoms with Crippen LogP contribution in [-0.2, 0) is 0 Å². The van der Waals surface area contributed by atoms with E-state index in [1.54, 1.807) is 0 Å². The van der Waals surface area contributed by atoms with Crippen LogP contribution in [-0.4, -0.2) is 54.1 Å². The van der Waals surface area contributed by atoms with Gasteiger partial charge in [-0.05, 0) is 50.6 Å². The minimum absolute atomic E-state index is 0.254. The van der Waals surface area contributed by atoms with Gasteiger partial charge in [0.2, 0.25) is 0 Å². The molecule has 1 aliphatic carbocycles. The molecule has 1 saturated carbocycles. The van der Waals surface area contributed by atoms with Crippen LogP contribution in [0.2, 0.25) is 0 Å². The molecule has 3 fully saturated rings. The molecule has 0 bridgehead atoms. The molecule has 2 unspecified atom stereocenters. The predicted molar refractivity (Wildman–Crippen MR) is 84.8 cm³/mol. The van der Waals surface area contributed by atoms with Crippen LogP contribution in [0, 0.1) is 5.41 Å². The first kappa shape index (κ1) is 14.8. The van der Waals surface area contributed by atoms with Gasteiger partial charge in [-0.1, -0.05) is 26.7 Å². The van der Waals surface area contributed by atoms with Gasteiger partial charge in [0.25, 0.3) is 0 Å². The molecule has 0 radical (unpaired) electrons. The van der Waals surface area contributed by atoms with Crippen molar-refractivity contribution in [2.75, 3.05) is 32.7 Å². The molecule has 3 heteroatoms. The molecule has 2 saturated heterocycles. The van der Waals surface area contributed by atoms with Crippen molar-refractivity contribution >= 4 is 0 Å². The fraction of sp³-hybridized carbons (Fsp3) is 1.00. The van der Waals surface area contributed by atoms with E-state index < -0.39 is 0 Å². The highest BCUT2D eigenvalue weighted by atomic mass is 15.3. The molecule has 3 nitrogen and oxygen atoms in total. The van der Waals surface area contributed by atoms with Gasteiger partial charge in [-0.25, -0.2) is 0 Å². The molecule has 2 N–H and O–H groups in total. The SMILES string of the molecule is CC1(C)CCCCC1(CN)N1CCCN2CCCC2C1. The zero-order chi connectivity index (χ0) is 14.2. The molecule has 2 atom stereocenters. The summed E-state index contributed by atoms with van der Waals surface area (Å²) in [6.45, 7) is 10.9. The van der Waals surface area contributed by atoms with Gasteiger partial charge in [0, 0.05) is 31.2 Å². The van der Waals surface area contributed by atoms with Crippen LogP contribution in [0.5, 0.6) is 0 Å². The fourth-order valence-electron chi connectivity index (χ4n) is 5.24. The van der Waals surface area contributed by atoms with Crippen LogP contribution in [0.25, 0.3) is 0 Å². The second-order valence-corrected chi connectivity index (χ2v) is 7.96. The summed E-state index contributed by atoms with van der Waals surface area (Å²) in [5.41, 5.74) is 7.00. The molecular formula is C17H33N3. The fourth-order valence-corrected chi connectivity index (χ4v) is 5.24. The standard InChI is InChI=1S/C17H33N3/c1-16(2)8-3-4-9-17(16,14-18)20-12-6-11-19-10-5-7-15(19)13-20/h15H,3-14,18H2,1-2H3. The topological polar surface area (TPSA) is 32.5 Å². The molecule has 20 heavy (non-hydrogen) atoms. The van der Waals surface area contributed by atoms with Gasteiger partial charge in [-0.3, -0.25) is 9.80 Å². The third-order valence-corrected chi connectivity index (χ3v) is 6.65. The van der Waals surface area contributed by atoms with Gasteiger partial charge >= 0.3 is 0 Å². The summed E-state index contributed by atoms with van der Waals surface area (Å²) in [5, 5.41) is 0. The Morgan fingerprint density at radius 1 is 1.00 bits per heavy atom. The average Bonchev–Trinajstić information content (AvgIpc) is 2.76. The van der Waals surface area contributed by atoms with Gasteiger partial charge in [-0.15, -0.1) is 0 Å². The number of hydrogen-bond acceptors (Lipinski definition) is 3. The summed E-state index contributed by atoms with van der Waals surface area (Å²) < 4.78 is 0. The summed E-state index contributed by atoms with van der Waals surface area (Å²) in [4.78, 5) is 5.56. The second-order valence-electron chi connectivity index (χ2n) is 7.96. The van der Waals surface area contributed by atoms with Crippen LogP contribution < -0.4 is 5.73 Å². The number of hydrogen-bond donors (Lipinski definition) is 1. The molecule has 0 aromatic carbocycles. The van der Waals surface area contributed by atoms with E-state index in [9.17, 15) is 0 Å². The van der Waals surface area contributed by atoms with E-state index in [4.69, 9.17) is 5.73 Å². The Morgan fingerprint density at radius 3 is 2.50 bits per heavy atom. The second kappa shape index (κ2) is 5.58.